The highest BCUT2D eigenvalue weighted by atomic mass is 27.2. The largest absolute Gasteiger partial charge is 0.297 e. The van der Waals surface area contributed by atoms with E-state index in [2.05, 4.69) is 0 Å². The van der Waals surface area contributed by atoms with Crippen LogP contribution in [0, 0.1) is 244 Å². The van der Waals surface area contributed by atoms with E-state index in [9.17, 15) is 22.0 Å². The second-order valence-corrected chi connectivity index (χ2v) is 31.9. The summed E-state index contributed by atoms with van der Waals surface area (Å²) >= 11 is -10.9. The predicted molar refractivity (Wildman–Crippen MR) is 350 cm³/mol. The van der Waals surface area contributed by atoms with Crippen LogP contribution in [-0.2, 0) is 0 Å². The van der Waals surface area contributed by atoms with E-state index in [1.54, 1.807) is 6.92 Å². The number of nitrogens with one attached hydrogen (secondary N) is 1. The molecule has 0 aromatic heterocycles. The molecule has 0 aliphatic heterocycles. The van der Waals surface area contributed by atoms with Crippen LogP contribution >= 0.6 is 0 Å². The fourth-order valence-electron chi connectivity index (χ4n) is 17.5. The molecule has 0 saturated heterocycles. The molecule has 0 fully saturated rings. The molecule has 0 amide bonds. The average Bonchev–Trinajstić information content (AvgIpc) is 0.646. The third-order valence-corrected chi connectivity index (χ3v) is 27.8. The van der Waals surface area contributed by atoms with Gasteiger partial charge in [0, 0.05) is 49.0 Å². The number of quaternary nitrogens is 1. The molecule has 0 saturated carbocycles. The molecule has 1 N–H and O–H groups in total. The smallest absolute Gasteiger partial charge is 0.286 e. The fraction of sp³-hybridized carbons (Fsp3) is 0.103. The van der Waals surface area contributed by atoms with Gasteiger partial charge in [-0.1, -0.05) is 20.3 Å². The first-order valence-electron chi connectivity index (χ1n) is 33.7. The van der Waals surface area contributed by atoms with Crippen molar-refractivity contribution >= 4 is 166 Å². The molecule has 0 radical (unpaired) electrons. The Morgan fingerprint density at radius 3 is 0.471 bits per heavy atom. The topological polar surface area (TPSA) is 4.44 Å². The maximum Gasteiger partial charge on any atom is 0.286 e. The summed E-state index contributed by atoms with van der Waals surface area (Å²) in [6, 6.07) is 0. The first-order valence-corrected chi connectivity index (χ1v) is 36.0. The maximum atomic E-state index is 19.4. The maximum absolute atomic E-state index is 19.4. The van der Waals surface area contributed by atoms with Crippen molar-refractivity contribution in [1.82, 2.24) is 0 Å². The highest BCUT2D eigenvalue weighted by Crippen LogP contribution is 2.54. The molecule has 0 bridgehead atoms. The second kappa shape index (κ2) is 27.3. The van der Waals surface area contributed by atoms with Crippen LogP contribution < -0.4 is 22.6 Å². The van der Waals surface area contributed by atoms with Crippen LogP contribution in [-0.4, -0.2) is 26.2 Å². The minimum absolute atomic E-state index is 0.130. The minimum Gasteiger partial charge on any atom is -0.297 e. The van der Waals surface area contributed by atoms with Crippen molar-refractivity contribution in [3.05, 3.63) is 239 Å². The van der Waals surface area contributed by atoms with E-state index >= 15 is 158 Å². The Bertz CT molecular complexity index is 6770. The van der Waals surface area contributed by atoms with Crippen LogP contribution in [0.3, 0.4) is 0 Å². The molecule has 1 nitrogen and oxygen atoms in total. The molecular formula is C78H19AlF41N. The normalized spacial score (nSPS) is 13.2. The number of halogens is 41. The van der Waals surface area contributed by atoms with E-state index in [1.807, 2.05) is 13.8 Å². The Labute approximate surface area is 639 Å². The van der Waals surface area contributed by atoms with Crippen LogP contribution in [0.25, 0.3) is 129 Å². The van der Waals surface area contributed by atoms with Gasteiger partial charge in [0.05, 0.1) is 77.7 Å². The minimum atomic E-state index is -10.9. The zero-order valence-corrected chi connectivity index (χ0v) is 59.1. The standard InChI is InChI=1S/4C16F9.C14H18F5N.Al/c4*17-3-1-2-4-5-7(11(20)9(2)18)14(23)16(25)15(24)8(5)13(22)12(21)6(4)10(3)19;1-4-6-8(3)7-20(5-2)14-12(18)10(16)9(15)11(17)13(14)19;/h;;;;8H,4-7H2,1-3H3;/q;;;;;-1/p+1. The second-order valence-electron chi connectivity index (χ2n) is 27.8. The van der Waals surface area contributed by atoms with Gasteiger partial charge in [-0.2, -0.15) is 26.5 Å². The lowest BCUT2D eigenvalue weighted by molar-refractivity contribution is -0.837. The summed E-state index contributed by atoms with van der Waals surface area (Å²) in [6.45, 7) is 6.08. The lowest BCUT2D eigenvalue weighted by atomic mass is 9.90. The van der Waals surface area contributed by atoms with Crippen LogP contribution in [0.1, 0.15) is 33.6 Å². The van der Waals surface area contributed by atoms with Crippen molar-refractivity contribution < 1.29 is 185 Å². The Kier molecular flexibility index (Phi) is 18.7. The molecule has 2 atom stereocenters. The summed E-state index contributed by atoms with van der Waals surface area (Å²) in [6.07, 6.45) is 1.73. The van der Waals surface area contributed by atoms with Gasteiger partial charge in [-0.25, -0.2) is 171 Å². The molecule has 17 rings (SSSR count). The van der Waals surface area contributed by atoms with Crippen LogP contribution in [0.4, 0.5) is 186 Å². The summed E-state index contributed by atoms with van der Waals surface area (Å²) in [4.78, 5) is 0.263. The predicted octanol–water partition coefficient (Wildman–Crippen LogP) is 23.0. The number of rotatable bonds is 10. The van der Waals surface area contributed by atoms with E-state index in [1.165, 1.54) is 0 Å². The van der Waals surface area contributed by atoms with Crippen molar-refractivity contribution in [3.8, 4) is 0 Å². The fourth-order valence-corrected chi connectivity index (χ4v) is 24.0. The monoisotopic (exact) mass is 1780 g/mol. The first-order chi connectivity index (χ1) is 56.6. The average molecular weight is 1780 g/mol. The Morgan fingerprint density at radius 1 is 0.174 bits per heavy atom. The molecule has 626 valence electrons. The summed E-state index contributed by atoms with van der Waals surface area (Å²) in [5.74, 6) is -138. The molecule has 0 aliphatic rings. The van der Waals surface area contributed by atoms with E-state index in [-0.39, 0.29) is 17.4 Å². The van der Waals surface area contributed by atoms with Gasteiger partial charge < -0.3 is 0 Å². The van der Waals surface area contributed by atoms with Crippen molar-refractivity contribution in [2.24, 2.45) is 5.92 Å². The molecule has 43 heteroatoms. The third kappa shape index (κ3) is 9.85. The van der Waals surface area contributed by atoms with Crippen molar-refractivity contribution in [2.45, 2.75) is 33.6 Å². The summed E-state index contributed by atoms with van der Waals surface area (Å²) in [7, 11) is 0. The van der Waals surface area contributed by atoms with Crippen molar-refractivity contribution in [1.29, 1.82) is 0 Å². The lowest BCUT2D eigenvalue weighted by Crippen LogP contribution is -3.08. The van der Waals surface area contributed by atoms with Gasteiger partial charge in [0.2, 0.25) is 34.8 Å². The van der Waals surface area contributed by atoms with E-state index < -0.39 is 404 Å². The van der Waals surface area contributed by atoms with Gasteiger partial charge >= 0.3 is 0 Å². The van der Waals surface area contributed by atoms with Crippen molar-refractivity contribution in [3.63, 3.8) is 0 Å². The molecule has 17 aromatic rings. The Morgan fingerprint density at radius 2 is 0.306 bits per heavy atom. The zero-order chi connectivity index (χ0) is 88.9. The molecule has 0 heterocycles. The Hall–Kier alpha value is -11.5. The first kappa shape index (κ1) is 83.2. The molecule has 0 aliphatic carbocycles. The number of hydrogen-bond acceptors (Lipinski definition) is 0. The quantitative estimate of drug-likeness (QED) is 0.0458. The third-order valence-electron chi connectivity index (χ3n) is 22.1. The summed E-state index contributed by atoms with van der Waals surface area (Å²) in [5.41, 5.74) is -0.758. The van der Waals surface area contributed by atoms with Gasteiger partial charge in [-0.15, -0.1) is 0 Å². The number of hydrogen-bond donors (Lipinski definition) is 1. The van der Waals surface area contributed by atoms with Gasteiger partial charge in [0.1, 0.15) is 23.3 Å². The van der Waals surface area contributed by atoms with E-state index in [0.717, 1.165) is 12.8 Å². The molecule has 121 heavy (non-hydrogen) atoms. The van der Waals surface area contributed by atoms with Gasteiger partial charge in [0.15, 0.2) is 186 Å². The molecule has 17 aromatic carbocycles. The van der Waals surface area contributed by atoms with E-state index in [4.69, 9.17) is 0 Å². The van der Waals surface area contributed by atoms with Crippen LogP contribution in [0.5, 0.6) is 0 Å². The Balaban J connectivity index is 0.000000480. The van der Waals surface area contributed by atoms with Crippen LogP contribution in [0.15, 0.2) is 0 Å². The number of benzene rings is 17. The van der Waals surface area contributed by atoms with Gasteiger partial charge in [0.25, 0.3) is 13.1 Å². The lowest BCUT2D eigenvalue weighted by Gasteiger charge is -2.45. The van der Waals surface area contributed by atoms with Crippen LogP contribution in [0.2, 0.25) is 0 Å². The van der Waals surface area contributed by atoms with Crippen molar-refractivity contribution in [2.75, 3.05) is 13.1 Å². The molecular weight excluding hydrogens is 1760 g/mol. The van der Waals surface area contributed by atoms with Gasteiger partial charge in [-0.05, 0) is 34.9 Å². The zero-order valence-electron chi connectivity index (χ0n) is 58.0. The molecule has 0 spiro atoms. The SMILES string of the molecule is CCCC(C)C[NH+](CC)c1c(F)c(F)c(F)c(F)c1F.Fc1c(F)c2c(F)c(F)c3c(F)c(F)[c]([Al-]([c]4c(F)c(F)c5c(F)c(F)c6c(F)c(F)c(F)c7c(F)c(F)c4c5c67)([c]4c(F)c(F)c5c(F)c(F)c6c(F)c(F)c(F)c7c(F)c(F)c4c5c67)[c]4c(F)c(F)c5c(F)c(F)c6c(F)c(F)c(F)c7c(F)c(F)c4c5c67)c4c(F)c(F)c(c1F)c2c34. The highest BCUT2D eigenvalue weighted by molar-refractivity contribution is 7.23. The van der Waals surface area contributed by atoms with Gasteiger partial charge in [-0.3, -0.25) is 4.90 Å². The summed E-state index contributed by atoms with van der Waals surface area (Å²) < 4.78 is 673. The highest BCUT2D eigenvalue weighted by Gasteiger charge is 2.56. The summed E-state index contributed by atoms with van der Waals surface area (Å²) in [5, 5.41) is -70.8. The van der Waals surface area contributed by atoms with E-state index in [0.29, 0.717) is 6.54 Å². The molecule has 2 unspecified atom stereocenters.